The Labute approximate surface area is 130 Å². The molecule has 0 bridgehead atoms. The van der Waals surface area contributed by atoms with Crippen molar-refractivity contribution in [1.82, 2.24) is 0 Å². The van der Waals surface area contributed by atoms with E-state index < -0.39 is 0 Å². The van der Waals surface area contributed by atoms with E-state index >= 15 is 0 Å². The molecule has 3 heteroatoms. The summed E-state index contributed by atoms with van der Waals surface area (Å²) in [5, 5.41) is 0. The van der Waals surface area contributed by atoms with Gasteiger partial charge in [0.05, 0.1) is 24.7 Å². The summed E-state index contributed by atoms with van der Waals surface area (Å²) >= 11 is 0. The largest absolute Gasteiger partial charge is 0.466 e. The van der Waals surface area contributed by atoms with Crippen molar-refractivity contribution < 1.29 is 14.3 Å². The van der Waals surface area contributed by atoms with Crippen LogP contribution in [0, 0.1) is 11.8 Å². The average Bonchev–Trinajstić information content (AvgIpc) is 2.43. The molecule has 122 valence electrons. The molecule has 0 amide bonds. The van der Waals surface area contributed by atoms with E-state index in [0.717, 1.165) is 18.4 Å². The molecule has 0 saturated carbocycles. The highest BCUT2D eigenvalue weighted by Crippen LogP contribution is 2.36. The van der Waals surface area contributed by atoms with Crippen LogP contribution in [0.5, 0.6) is 0 Å². The van der Waals surface area contributed by atoms with Gasteiger partial charge in [-0.05, 0) is 33.6 Å². The summed E-state index contributed by atoms with van der Waals surface area (Å²) in [4.78, 5) is 12.1. The van der Waals surface area contributed by atoms with Gasteiger partial charge in [-0.3, -0.25) is 4.79 Å². The van der Waals surface area contributed by atoms with Gasteiger partial charge < -0.3 is 9.47 Å². The fraction of sp³-hybridized carbons (Fsp3) is 0.833. The van der Waals surface area contributed by atoms with Crippen LogP contribution in [0.15, 0.2) is 12.2 Å². The van der Waals surface area contributed by atoms with Crippen LogP contribution in [0.25, 0.3) is 0 Å². The molecular weight excluding hydrogens is 264 g/mol. The standard InChI is InChI=1S/C18H32O3/c1-6-8-9-10-11-17-15(13(3)4)12-16(14(5)21-17)18(19)20-7-2/h14-17H,3,6-12H2,1-2,4-5H3/t14-,15+,16-,17+/m1/s1. The van der Waals surface area contributed by atoms with Gasteiger partial charge >= 0.3 is 5.97 Å². The van der Waals surface area contributed by atoms with Crippen LogP contribution < -0.4 is 0 Å². The first kappa shape index (κ1) is 18.2. The molecule has 1 heterocycles. The van der Waals surface area contributed by atoms with E-state index in [9.17, 15) is 4.79 Å². The molecule has 0 aliphatic carbocycles. The van der Waals surface area contributed by atoms with Gasteiger partial charge in [0, 0.05) is 5.92 Å². The number of hydrogen-bond acceptors (Lipinski definition) is 3. The molecule has 0 unspecified atom stereocenters. The molecule has 1 fully saturated rings. The smallest absolute Gasteiger partial charge is 0.311 e. The van der Waals surface area contributed by atoms with Crippen LogP contribution in [0.1, 0.15) is 66.2 Å². The molecule has 21 heavy (non-hydrogen) atoms. The molecule has 4 atom stereocenters. The van der Waals surface area contributed by atoms with E-state index in [4.69, 9.17) is 9.47 Å². The van der Waals surface area contributed by atoms with Crippen LogP contribution in [-0.4, -0.2) is 24.8 Å². The zero-order chi connectivity index (χ0) is 15.8. The Kier molecular flexibility index (Phi) is 8.02. The highest BCUT2D eigenvalue weighted by atomic mass is 16.5. The average molecular weight is 296 g/mol. The van der Waals surface area contributed by atoms with Crippen molar-refractivity contribution in [3.63, 3.8) is 0 Å². The van der Waals surface area contributed by atoms with Crippen LogP contribution in [0.2, 0.25) is 0 Å². The van der Waals surface area contributed by atoms with Crippen LogP contribution in [0.3, 0.4) is 0 Å². The van der Waals surface area contributed by atoms with E-state index in [0.29, 0.717) is 6.61 Å². The van der Waals surface area contributed by atoms with E-state index in [1.807, 2.05) is 20.8 Å². The molecule has 1 rings (SSSR count). The van der Waals surface area contributed by atoms with Crippen molar-refractivity contribution in [1.29, 1.82) is 0 Å². The molecule has 0 spiro atoms. The third kappa shape index (κ3) is 5.46. The zero-order valence-electron chi connectivity index (χ0n) is 14.2. The first-order valence-electron chi connectivity index (χ1n) is 8.48. The zero-order valence-corrected chi connectivity index (χ0v) is 14.2. The van der Waals surface area contributed by atoms with Gasteiger partial charge in [0.15, 0.2) is 0 Å². The number of rotatable bonds is 8. The van der Waals surface area contributed by atoms with E-state index in [1.165, 1.54) is 25.7 Å². The summed E-state index contributed by atoms with van der Waals surface area (Å²) < 4.78 is 11.3. The van der Waals surface area contributed by atoms with Gasteiger partial charge in [-0.2, -0.15) is 0 Å². The Bertz CT molecular complexity index is 337. The summed E-state index contributed by atoms with van der Waals surface area (Å²) in [5.41, 5.74) is 1.12. The minimum atomic E-state index is -0.154. The highest BCUT2D eigenvalue weighted by Gasteiger charge is 2.40. The Balaban J connectivity index is 2.62. The number of esters is 1. The summed E-state index contributed by atoms with van der Waals surface area (Å²) in [5.74, 6) is -0.00328. The number of carbonyl (C=O) groups is 1. The minimum absolute atomic E-state index is 0.0594. The fourth-order valence-corrected chi connectivity index (χ4v) is 3.18. The van der Waals surface area contributed by atoms with Crippen molar-refractivity contribution in [3.05, 3.63) is 12.2 Å². The lowest BCUT2D eigenvalue weighted by atomic mass is 9.79. The van der Waals surface area contributed by atoms with Crippen LogP contribution in [0.4, 0.5) is 0 Å². The third-order valence-electron chi connectivity index (χ3n) is 4.48. The summed E-state index contributed by atoms with van der Waals surface area (Å²) in [6.45, 7) is 12.6. The van der Waals surface area contributed by atoms with Crippen LogP contribution in [-0.2, 0) is 14.3 Å². The van der Waals surface area contributed by atoms with Gasteiger partial charge in [-0.25, -0.2) is 0 Å². The van der Waals surface area contributed by atoms with Gasteiger partial charge in [-0.1, -0.05) is 44.8 Å². The predicted octanol–water partition coefficient (Wildman–Crippen LogP) is 4.51. The number of unbranched alkanes of at least 4 members (excludes halogenated alkanes) is 3. The molecule has 1 saturated heterocycles. The molecule has 0 radical (unpaired) electrons. The van der Waals surface area contributed by atoms with Gasteiger partial charge in [0.25, 0.3) is 0 Å². The second-order valence-electron chi connectivity index (χ2n) is 6.28. The van der Waals surface area contributed by atoms with Crippen molar-refractivity contribution in [2.75, 3.05) is 6.61 Å². The molecule has 0 aromatic carbocycles. The Hall–Kier alpha value is -0.830. The van der Waals surface area contributed by atoms with E-state index in [1.54, 1.807) is 0 Å². The maximum Gasteiger partial charge on any atom is 0.311 e. The highest BCUT2D eigenvalue weighted by molar-refractivity contribution is 5.73. The number of ether oxygens (including phenoxy) is 2. The van der Waals surface area contributed by atoms with Gasteiger partial charge in [0.1, 0.15) is 0 Å². The van der Waals surface area contributed by atoms with Crippen molar-refractivity contribution >= 4 is 5.97 Å². The Morgan fingerprint density at radius 2 is 1.95 bits per heavy atom. The molecule has 0 aromatic rings. The van der Waals surface area contributed by atoms with Gasteiger partial charge in [0.2, 0.25) is 0 Å². The lowest BCUT2D eigenvalue weighted by Gasteiger charge is -2.40. The molecule has 0 aromatic heterocycles. The quantitative estimate of drug-likeness (QED) is 0.376. The SMILES string of the molecule is C=C(C)[C@@H]1C[C@@H](C(=O)OCC)[C@@H](C)O[C@H]1CCCCCC. The monoisotopic (exact) mass is 296 g/mol. The molecule has 3 nitrogen and oxygen atoms in total. The van der Waals surface area contributed by atoms with Crippen molar-refractivity contribution in [2.45, 2.75) is 78.4 Å². The topological polar surface area (TPSA) is 35.5 Å². The summed E-state index contributed by atoms with van der Waals surface area (Å²) in [6.07, 6.45) is 7.01. The Morgan fingerprint density at radius 1 is 1.24 bits per heavy atom. The van der Waals surface area contributed by atoms with E-state index in [-0.39, 0.29) is 30.0 Å². The number of hydrogen-bond donors (Lipinski definition) is 0. The molecule has 1 aliphatic rings. The first-order chi connectivity index (χ1) is 10.0. The number of carbonyl (C=O) groups excluding carboxylic acids is 1. The summed E-state index contributed by atoms with van der Waals surface area (Å²) in [6, 6.07) is 0. The second-order valence-corrected chi connectivity index (χ2v) is 6.28. The van der Waals surface area contributed by atoms with E-state index in [2.05, 4.69) is 13.5 Å². The van der Waals surface area contributed by atoms with Crippen molar-refractivity contribution in [2.24, 2.45) is 11.8 Å². The third-order valence-corrected chi connectivity index (χ3v) is 4.48. The predicted molar refractivity (Wildman–Crippen MR) is 86.1 cm³/mol. The van der Waals surface area contributed by atoms with Crippen LogP contribution >= 0.6 is 0 Å². The molecule has 1 aliphatic heterocycles. The fourth-order valence-electron chi connectivity index (χ4n) is 3.18. The van der Waals surface area contributed by atoms with Gasteiger partial charge in [-0.15, -0.1) is 0 Å². The Morgan fingerprint density at radius 3 is 2.52 bits per heavy atom. The summed E-state index contributed by atoms with van der Waals surface area (Å²) in [7, 11) is 0. The molecular formula is C18H32O3. The second kappa shape index (κ2) is 9.24. The lowest BCUT2D eigenvalue weighted by molar-refractivity contribution is -0.165. The van der Waals surface area contributed by atoms with Crippen molar-refractivity contribution in [3.8, 4) is 0 Å². The molecule has 0 N–H and O–H groups in total. The minimum Gasteiger partial charge on any atom is -0.466 e. The normalized spacial score (nSPS) is 29.1. The first-order valence-corrected chi connectivity index (χ1v) is 8.48. The maximum absolute atomic E-state index is 12.1. The lowest BCUT2D eigenvalue weighted by Crippen LogP contribution is -2.44. The maximum atomic E-state index is 12.1.